The summed E-state index contributed by atoms with van der Waals surface area (Å²) in [5.74, 6) is 0. The molecule has 19 heavy (non-hydrogen) atoms. The fourth-order valence-electron chi connectivity index (χ4n) is 2.32. The molecule has 1 aliphatic heterocycles. The quantitative estimate of drug-likeness (QED) is 0.842. The first-order chi connectivity index (χ1) is 9.38. The van der Waals surface area contributed by atoms with Crippen molar-refractivity contribution in [2.45, 2.75) is 18.7 Å². The number of benzene rings is 2. The molecule has 98 valence electrons. The molecule has 2 aromatic carbocycles. The van der Waals surface area contributed by atoms with Crippen molar-refractivity contribution in [1.82, 2.24) is 0 Å². The number of hydrogen-bond acceptors (Lipinski definition) is 3. The van der Waals surface area contributed by atoms with Crippen molar-refractivity contribution in [3.8, 4) is 0 Å². The Morgan fingerprint density at radius 2 is 1.16 bits per heavy atom. The standard InChI is InChI=1S/C16H16O3/c1-17-16-18-14(12-8-4-2-5-9-12)15(19-16)13-10-6-3-7-11-13/h2-11,14-16H,1H3/t14-,15-/m1/s1. The summed E-state index contributed by atoms with van der Waals surface area (Å²) in [7, 11) is 1.58. The zero-order valence-corrected chi connectivity index (χ0v) is 10.7. The molecule has 1 aliphatic rings. The Labute approximate surface area is 112 Å². The van der Waals surface area contributed by atoms with Crippen LogP contribution in [0.2, 0.25) is 0 Å². The molecule has 0 N–H and O–H groups in total. The van der Waals surface area contributed by atoms with E-state index in [9.17, 15) is 0 Å². The Morgan fingerprint density at radius 1 is 0.737 bits per heavy atom. The zero-order chi connectivity index (χ0) is 13.1. The highest BCUT2D eigenvalue weighted by atomic mass is 16.9. The van der Waals surface area contributed by atoms with Gasteiger partial charge >= 0.3 is 0 Å². The van der Waals surface area contributed by atoms with Gasteiger partial charge in [-0.2, -0.15) is 0 Å². The maximum absolute atomic E-state index is 5.82. The molecule has 0 aromatic heterocycles. The van der Waals surface area contributed by atoms with Gasteiger partial charge in [0.1, 0.15) is 12.2 Å². The van der Waals surface area contributed by atoms with Crippen molar-refractivity contribution in [2.75, 3.05) is 7.11 Å². The SMILES string of the molecule is COC1O[C@H](c2ccccc2)[C@@H](c2ccccc2)O1. The van der Waals surface area contributed by atoms with Crippen molar-refractivity contribution in [2.24, 2.45) is 0 Å². The van der Waals surface area contributed by atoms with Gasteiger partial charge < -0.3 is 14.2 Å². The van der Waals surface area contributed by atoms with Crippen LogP contribution in [0.4, 0.5) is 0 Å². The molecule has 0 spiro atoms. The van der Waals surface area contributed by atoms with E-state index < -0.39 is 6.48 Å². The molecule has 1 fully saturated rings. The molecule has 0 saturated carbocycles. The molecule has 3 heteroatoms. The Morgan fingerprint density at radius 3 is 1.53 bits per heavy atom. The molecule has 3 rings (SSSR count). The van der Waals surface area contributed by atoms with E-state index in [0.717, 1.165) is 11.1 Å². The monoisotopic (exact) mass is 256 g/mol. The Bertz CT molecular complexity index is 465. The van der Waals surface area contributed by atoms with Crippen LogP contribution in [0.3, 0.4) is 0 Å². The van der Waals surface area contributed by atoms with E-state index in [0.29, 0.717) is 0 Å². The van der Waals surface area contributed by atoms with Crippen molar-refractivity contribution >= 4 is 0 Å². The van der Waals surface area contributed by atoms with E-state index in [-0.39, 0.29) is 12.2 Å². The Kier molecular flexibility index (Phi) is 3.60. The van der Waals surface area contributed by atoms with E-state index in [2.05, 4.69) is 0 Å². The van der Waals surface area contributed by atoms with Gasteiger partial charge in [0, 0.05) is 7.11 Å². The molecular formula is C16H16O3. The topological polar surface area (TPSA) is 27.7 Å². The molecule has 1 saturated heterocycles. The Balaban J connectivity index is 1.92. The number of hydrogen-bond donors (Lipinski definition) is 0. The smallest absolute Gasteiger partial charge is 0.272 e. The van der Waals surface area contributed by atoms with Gasteiger partial charge in [-0.1, -0.05) is 60.7 Å². The van der Waals surface area contributed by atoms with Crippen LogP contribution in [-0.4, -0.2) is 13.6 Å². The second-order valence-electron chi connectivity index (χ2n) is 4.46. The van der Waals surface area contributed by atoms with Gasteiger partial charge in [-0.15, -0.1) is 0 Å². The highest BCUT2D eigenvalue weighted by Gasteiger charge is 2.38. The average molecular weight is 256 g/mol. The largest absolute Gasteiger partial charge is 0.333 e. The number of rotatable bonds is 3. The lowest BCUT2D eigenvalue weighted by molar-refractivity contribution is -0.229. The van der Waals surface area contributed by atoms with Crippen LogP contribution in [-0.2, 0) is 14.2 Å². The lowest BCUT2D eigenvalue weighted by Gasteiger charge is -2.16. The first kappa shape index (κ1) is 12.4. The molecule has 3 nitrogen and oxygen atoms in total. The van der Waals surface area contributed by atoms with Crippen LogP contribution in [0.25, 0.3) is 0 Å². The second-order valence-corrected chi connectivity index (χ2v) is 4.46. The molecule has 2 atom stereocenters. The summed E-state index contributed by atoms with van der Waals surface area (Å²) in [4.78, 5) is 0. The van der Waals surface area contributed by atoms with Gasteiger partial charge in [-0.3, -0.25) is 0 Å². The number of ether oxygens (including phenoxy) is 3. The van der Waals surface area contributed by atoms with Gasteiger partial charge in [0.25, 0.3) is 6.48 Å². The maximum Gasteiger partial charge on any atom is 0.272 e. The highest BCUT2D eigenvalue weighted by molar-refractivity contribution is 5.26. The van der Waals surface area contributed by atoms with Crippen molar-refractivity contribution in [1.29, 1.82) is 0 Å². The van der Waals surface area contributed by atoms with Crippen molar-refractivity contribution < 1.29 is 14.2 Å². The molecule has 2 aromatic rings. The molecule has 0 amide bonds. The molecule has 0 aliphatic carbocycles. The molecule has 1 heterocycles. The van der Waals surface area contributed by atoms with Gasteiger partial charge in [-0.25, -0.2) is 0 Å². The lowest BCUT2D eigenvalue weighted by atomic mass is 9.99. The molecule has 0 radical (unpaired) electrons. The summed E-state index contributed by atoms with van der Waals surface area (Å²) in [6.07, 6.45) is -0.290. The van der Waals surface area contributed by atoms with Gasteiger partial charge in [0.15, 0.2) is 0 Å². The summed E-state index contributed by atoms with van der Waals surface area (Å²) in [6.45, 7) is -0.615. The summed E-state index contributed by atoms with van der Waals surface area (Å²) < 4.78 is 16.8. The van der Waals surface area contributed by atoms with E-state index in [1.165, 1.54) is 0 Å². The fourth-order valence-corrected chi connectivity index (χ4v) is 2.32. The third-order valence-corrected chi connectivity index (χ3v) is 3.24. The summed E-state index contributed by atoms with van der Waals surface area (Å²) in [6, 6.07) is 20.2. The second kappa shape index (κ2) is 5.53. The summed E-state index contributed by atoms with van der Waals surface area (Å²) in [5.41, 5.74) is 2.19. The minimum absolute atomic E-state index is 0.145. The van der Waals surface area contributed by atoms with Crippen LogP contribution in [0.15, 0.2) is 60.7 Å². The van der Waals surface area contributed by atoms with Crippen LogP contribution < -0.4 is 0 Å². The predicted octanol–water partition coefficient (Wildman–Crippen LogP) is 3.45. The summed E-state index contributed by atoms with van der Waals surface area (Å²) in [5, 5.41) is 0. The molecular weight excluding hydrogens is 240 g/mol. The third-order valence-electron chi connectivity index (χ3n) is 3.24. The lowest BCUT2D eigenvalue weighted by Crippen LogP contribution is -2.09. The van der Waals surface area contributed by atoms with E-state index in [4.69, 9.17) is 14.2 Å². The maximum atomic E-state index is 5.82. The summed E-state index contributed by atoms with van der Waals surface area (Å²) >= 11 is 0. The van der Waals surface area contributed by atoms with Crippen LogP contribution in [0.1, 0.15) is 23.3 Å². The number of methoxy groups -OCH3 is 1. The fraction of sp³-hybridized carbons (Fsp3) is 0.250. The van der Waals surface area contributed by atoms with E-state index in [1.807, 2.05) is 60.7 Å². The average Bonchev–Trinajstić information content (AvgIpc) is 2.93. The van der Waals surface area contributed by atoms with Crippen LogP contribution in [0.5, 0.6) is 0 Å². The zero-order valence-electron chi connectivity index (χ0n) is 10.7. The first-order valence-electron chi connectivity index (χ1n) is 6.32. The highest BCUT2D eigenvalue weighted by Crippen LogP contribution is 2.42. The van der Waals surface area contributed by atoms with Crippen LogP contribution >= 0.6 is 0 Å². The molecule has 0 bridgehead atoms. The van der Waals surface area contributed by atoms with Crippen LogP contribution in [0, 0.1) is 0 Å². The normalized spacial score (nSPS) is 23.6. The van der Waals surface area contributed by atoms with Gasteiger partial charge in [0.05, 0.1) is 0 Å². The predicted molar refractivity (Wildman–Crippen MR) is 71.3 cm³/mol. The van der Waals surface area contributed by atoms with Gasteiger partial charge in [-0.05, 0) is 11.1 Å². The van der Waals surface area contributed by atoms with E-state index in [1.54, 1.807) is 7.11 Å². The Hall–Kier alpha value is -1.68. The first-order valence-corrected chi connectivity index (χ1v) is 6.32. The van der Waals surface area contributed by atoms with Crippen molar-refractivity contribution in [3.63, 3.8) is 0 Å². The minimum atomic E-state index is -0.615. The molecule has 0 unspecified atom stereocenters. The van der Waals surface area contributed by atoms with Gasteiger partial charge in [0.2, 0.25) is 0 Å². The third kappa shape index (κ3) is 2.54. The van der Waals surface area contributed by atoms with Crippen molar-refractivity contribution in [3.05, 3.63) is 71.8 Å². The minimum Gasteiger partial charge on any atom is -0.333 e. The van der Waals surface area contributed by atoms with E-state index >= 15 is 0 Å².